The van der Waals surface area contributed by atoms with Crippen molar-refractivity contribution in [1.29, 1.82) is 0 Å². The monoisotopic (exact) mass is 639 g/mol. The highest BCUT2D eigenvalue weighted by Crippen LogP contribution is 2.38. The van der Waals surface area contributed by atoms with Crippen LogP contribution in [0.25, 0.3) is 6.08 Å². The van der Waals surface area contributed by atoms with Gasteiger partial charge >= 0.3 is 6.03 Å². The van der Waals surface area contributed by atoms with Gasteiger partial charge in [-0.2, -0.15) is 0 Å². The molecule has 1 aliphatic heterocycles. The lowest BCUT2D eigenvalue weighted by Crippen LogP contribution is -2.54. The Kier molecular flexibility index (Phi) is 9.14. The third kappa shape index (κ3) is 6.44. The van der Waals surface area contributed by atoms with Crippen LogP contribution in [0.4, 0.5) is 16.2 Å². The molecule has 2 N–H and O–H groups in total. The fourth-order valence-electron chi connectivity index (χ4n) is 4.17. The second-order valence-corrected chi connectivity index (χ2v) is 10.5. The molecule has 3 aromatic rings. The number of hydrogen-bond donors (Lipinski definition) is 2. The molecule has 1 saturated heterocycles. The Morgan fingerprint density at radius 3 is 2.51 bits per heavy atom. The predicted octanol–water partition coefficient (Wildman–Crippen LogP) is 6.11. The summed E-state index contributed by atoms with van der Waals surface area (Å²) in [6.45, 7) is 7.33. The molecule has 0 unspecified atom stereocenters. The zero-order valence-electron chi connectivity index (χ0n) is 22.8. The molecule has 11 heteroatoms. The number of nitrogens with zero attached hydrogens (tertiary/aromatic N) is 1. The van der Waals surface area contributed by atoms with Crippen LogP contribution < -0.4 is 25.0 Å². The van der Waals surface area contributed by atoms with Gasteiger partial charge in [-0.1, -0.05) is 29.8 Å². The number of halogens is 2. The predicted molar refractivity (Wildman–Crippen MR) is 161 cm³/mol. The molecule has 212 valence electrons. The van der Waals surface area contributed by atoms with Crippen LogP contribution in [-0.2, 0) is 14.4 Å². The van der Waals surface area contributed by atoms with E-state index >= 15 is 0 Å². The molecule has 1 aliphatic rings. The standard InChI is InChI=1S/C30H27BrClN3O6/c1-5-40-25-14-19(13-21(31)27(25)41-15-26(36)33-23-10-6-8-16(2)17(23)3)12-20-28(37)34-30(39)35(29(20)38)24-11-7-9-22(32)18(24)4/h6-14H,5,15H2,1-4H3,(H,33,36)(H,34,37,39)/b20-12-. The summed E-state index contributed by atoms with van der Waals surface area (Å²) in [6.07, 6.45) is 1.35. The number of benzene rings is 3. The van der Waals surface area contributed by atoms with Gasteiger partial charge in [-0.25, -0.2) is 9.69 Å². The fraction of sp³-hybridized carbons (Fsp3) is 0.200. The number of imide groups is 2. The molecule has 0 radical (unpaired) electrons. The Labute approximate surface area is 250 Å². The van der Waals surface area contributed by atoms with E-state index in [1.807, 2.05) is 32.0 Å². The molecule has 3 aromatic carbocycles. The smallest absolute Gasteiger partial charge is 0.335 e. The number of amides is 5. The zero-order chi connectivity index (χ0) is 29.8. The first-order chi connectivity index (χ1) is 19.5. The highest BCUT2D eigenvalue weighted by molar-refractivity contribution is 9.10. The highest BCUT2D eigenvalue weighted by Gasteiger charge is 2.37. The third-order valence-electron chi connectivity index (χ3n) is 6.45. The molecule has 41 heavy (non-hydrogen) atoms. The first-order valence-electron chi connectivity index (χ1n) is 12.6. The van der Waals surface area contributed by atoms with Crippen LogP contribution in [-0.4, -0.2) is 37.0 Å². The molecule has 1 heterocycles. The summed E-state index contributed by atoms with van der Waals surface area (Å²) < 4.78 is 12.0. The minimum atomic E-state index is -0.874. The van der Waals surface area contributed by atoms with Crippen LogP contribution in [0.3, 0.4) is 0 Å². The van der Waals surface area contributed by atoms with Crippen LogP contribution >= 0.6 is 27.5 Å². The van der Waals surface area contributed by atoms with Crippen molar-refractivity contribution in [3.8, 4) is 11.5 Å². The lowest BCUT2D eigenvalue weighted by molar-refractivity contribution is -0.122. The van der Waals surface area contributed by atoms with Crippen LogP contribution in [0.15, 0.2) is 58.6 Å². The van der Waals surface area contributed by atoms with E-state index in [0.29, 0.717) is 26.3 Å². The van der Waals surface area contributed by atoms with Crippen molar-refractivity contribution < 1.29 is 28.7 Å². The molecule has 0 bridgehead atoms. The quantitative estimate of drug-likeness (QED) is 0.227. The number of nitrogens with one attached hydrogen (secondary N) is 2. The number of ether oxygens (including phenoxy) is 2. The van der Waals surface area contributed by atoms with Gasteiger partial charge < -0.3 is 14.8 Å². The number of carbonyl (C=O) groups excluding carboxylic acids is 4. The normalized spacial score (nSPS) is 14.2. The molecule has 0 atom stereocenters. The summed E-state index contributed by atoms with van der Waals surface area (Å²) in [7, 11) is 0. The van der Waals surface area contributed by atoms with Gasteiger partial charge in [-0.15, -0.1) is 0 Å². The summed E-state index contributed by atoms with van der Waals surface area (Å²) in [5.74, 6) is -1.44. The van der Waals surface area contributed by atoms with Gasteiger partial charge in [-0.3, -0.25) is 19.7 Å². The van der Waals surface area contributed by atoms with Crippen molar-refractivity contribution in [2.45, 2.75) is 27.7 Å². The Morgan fingerprint density at radius 1 is 1.05 bits per heavy atom. The van der Waals surface area contributed by atoms with E-state index < -0.39 is 17.8 Å². The molecule has 0 spiro atoms. The van der Waals surface area contributed by atoms with Gasteiger partial charge in [0.15, 0.2) is 18.1 Å². The zero-order valence-corrected chi connectivity index (χ0v) is 25.1. The Bertz CT molecular complexity index is 1600. The molecule has 0 aromatic heterocycles. The molecular formula is C30H27BrClN3O6. The number of aryl methyl sites for hydroxylation is 1. The molecule has 4 rings (SSSR count). The number of hydrogen-bond acceptors (Lipinski definition) is 6. The highest BCUT2D eigenvalue weighted by atomic mass is 79.9. The minimum Gasteiger partial charge on any atom is -0.490 e. The average molecular weight is 641 g/mol. The first kappa shape index (κ1) is 29.8. The van der Waals surface area contributed by atoms with E-state index in [9.17, 15) is 19.2 Å². The van der Waals surface area contributed by atoms with E-state index in [4.69, 9.17) is 21.1 Å². The third-order valence-corrected chi connectivity index (χ3v) is 7.45. The second kappa shape index (κ2) is 12.6. The largest absolute Gasteiger partial charge is 0.490 e. The Morgan fingerprint density at radius 2 is 1.78 bits per heavy atom. The van der Waals surface area contributed by atoms with E-state index in [-0.39, 0.29) is 41.9 Å². The van der Waals surface area contributed by atoms with Crippen molar-refractivity contribution in [3.63, 3.8) is 0 Å². The fourth-order valence-corrected chi connectivity index (χ4v) is 4.91. The van der Waals surface area contributed by atoms with Gasteiger partial charge in [0.1, 0.15) is 5.57 Å². The maximum Gasteiger partial charge on any atom is 0.335 e. The first-order valence-corrected chi connectivity index (χ1v) is 13.8. The lowest BCUT2D eigenvalue weighted by atomic mass is 10.1. The minimum absolute atomic E-state index is 0.262. The SMILES string of the molecule is CCOc1cc(/C=C2/C(=O)NC(=O)N(c3cccc(Cl)c3C)C2=O)cc(Br)c1OCC(=O)Nc1cccc(C)c1C. The summed E-state index contributed by atoms with van der Waals surface area (Å²) in [5.41, 5.74) is 3.63. The van der Waals surface area contributed by atoms with Gasteiger partial charge in [0.2, 0.25) is 0 Å². The van der Waals surface area contributed by atoms with Crippen LogP contribution in [0, 0.1) is 20.8 Å². The van der Waals surface area contributed by atoms with Gasteiger partial charge in [-0.05, 0) is 102 Å². The molecule has 0 saturated carbocycles. The van der Waals surface area contributed by atoms with Gasteiger partial charge in [0, 0.05) is 10.7 Å². The number of rotatable bonds is 8. The van der Waals surface area contributed by atoms with E-state index in [0.717, 1.165) is 16.0 Å². The van der Waals surface area contributed by atoms with Crippen molar-refractivity contribution in [2.75, 3.05) is 23.4 Å². The van der Waals surface area contributed by atoms with Crippen molar-refractivity contribution in [2.24, 2.45) is 0 Å². The molecule has 9 nitrogen and oxygen atoms in total. The van der Waals surface area contributed by atoms with E-state index in [1.165, 1.54) is 6.08 Å². The van der Waals surface area contributed by atoms with Gasteiger partial charge in [0.25, 0.3) is 17.7 Å². The summed E-state index contributed by atoms with van der Waals surface area (Å²) >= 11 is 9.64. The summed E-state index contributed by atoms with van der Waals surface area (Å²) in [4.78, 5) is 52.2. The average Bonchev–Trinajstić information content (AvgIpc) is 2.91. The van der Waals surface area contributed by atoms with Crippen LogP contribution in [0.1, 0.15) is 29.2 Å². The summed E-state index contributed by atoms with van der Waals surface area (Å²) in [5, 5.41) is 5.42. The Hall–Kier alpha value is -4.15. The maximum absolute atomic E-state index is 13.4. The Balaban J connectivity index is 1.60. The number of barbiturate groups is 1. The van der Waals surface area contributed by atoms with E-state index in [2.05, 4.69) is 26.6 Å². The van der Waals surface area contributed by atoms with E-state index in [1.54, 1.807) is 44.2 Å². The van der Waals surface area contributed by atoms with Crippen molar-refractivity contribution in [3.05, 3.63) is 85.9 Å². The second-order valence-electron chi connectivity index (χ2n) is 9.19. The maximum atomic E-state index is 13.4. The number of anilines is 2. The molecular weight excluding hydrogens is 614 g/mol. The molecule has 0 aliphatic carbocycles. The number of carbonyl (C=O) groups is 4. The van der Waals surface area contributed by atoms with Crippen molar-refractivity contribution in [1.82, 2.24) is 5.32 Å². The number of urea groups is 1. The van der Waals surface area contributed by atoms with Crippen LogP contribution in [0.5, 0.6) is 11.5 Å². The summed E-state index contributed by atoms with van der Waals surface area (Å²) in [6, 6.07) is 12.8. The lowest BCUT2D eigenvalue weighted by Gasteiger charge is -2.27. The molecule has 5 amide bonds. The van der Waals surface area contributed by atoms with Crippen LogP contribution in [0.2, 0.25) is 5.02 Å². The topological polar surface area (TPSA) is 114 Å². The van der Waals surface area contributed by atoms with Crippen molar-refractivity contribution >= 4 is 68.7 Å². The van der Waals surface area contributed by atoms with Gasteiger partial charge in [0.05, 0.1) is 16.8 Å². The molecule has 1 fully saturated rings.